The van der Waals surface area contributed by atoms with Crippen LogP contribution in [0.3, 0.4) is 0 Å². The molecule has 0 fully saturated rings. The van der Waals surface area contributed by atoms with Gasteiger partial charge in [0, 0.05) is 30.2 Å². The molecule has 92 valence electrons. The van der Waals surface area contributed by atoms with Crippen molar-refractivity contribution in [3.63, 3.8) is 0 Å². The normalized spacial score (nSPS) is 15.0. The predicted octanol–water partition coefficient (Wildman–Crippen LogP) is 2.49. The second kappa shape index (κ2) is 6.99. The molecular weight excluding hydrogens is 218 g/mol. The summed E-state index contributed by atoms with van der Waals surface area (Å²) < 4.78 is 0. The van der Waals surface area contributed by atoms with E-state index in [1.54, 1.807) is 11.3 Å². The zero-order valence-corrected chi connectivity index (χ0v) is 11.5. The van der Waals surface area contributed by atoms with Crippen molar-refractivity contribution in [1.82, 2.24) is 15.6 Å². The van der Waals surface area contributed by atoms with Crippen LogP contribution >= 0.6 is 11.3 Å². The predicted molar refractivity (Wildman–Crippen MR) is 71.0 cm³/mol. The maximum Gasteiger partial charge on any atom is 0.109 e. The van der Waals surface area contributed by atoms with Crippen LogP contribution in [0, 0.1) is 6.92 Å². The Balaban J connectivity index is 2.18. The Morgan fingerprint density at radius 1 is 1.31 bits per heavy atom. The SMILES string of the molecule is CCC(C)NCCNC(C)c1ncc(C)s1. The molecule has 0 aromatic carbocycles. The lowest BCUT2D eigenvalue weighted by Gasteiger charge is -2.14. The van der Waals surface area contributed by atoms with E-state index < -0.39 is 0 Å². The molecule has 0 saturated heterocycles. The highest BCUT2D eigenvalue weighted by Crippen LogP contribution is 2.18. The van der Waals surface area contributed by atoms with Crippen LogP contribution in [0.5, 0.6) is 0 Å². The second-order valence-corrected chi connectivity index (χ2v) is 5.51. The fourth-order valence-corrected chi connectivity index (χ4v) is 2.21. The molecular formula is C12H23N3S. The Bertz CT molecular complexity index is 298. The van der Waals surface area contributed by atoms with Gasteiger partial charge in [-0.05, 0) is 27.2 Å². The zero-order valence-electron chi connectivity index (χ0n) is 10.7. The highest BCUT2D eigenvalue weighted by molar-refractivity contribution is 7.11. The smallest absolute Gasteiger partial charge is 0.109 e. The number of rotatable bonds is 7. The van der Waals surface area contributed by atoms with Crippen molar-refractivity contribution in [3.8, 4) is 0 Å². The molecule has 16 heavy (non-hydrogen) atoms. The van der Waals surface area contributed by atoms with Crippen LogP contribution in [-0.2, 0) is 0 Å². The maximum absolute atomic E-state index is 4.38. The molecule has 1 aromatic rings. The van der Waals surface area contributed by atoms with Gasteiger partial charge in [-0.15, -0.1) is 11.3 Å². The summed E-state index contributed by atoms with van der Waals surface area (Å²) in [5.74, 6) is 0. The summed E-state index contributed by atoms with van der Waals surface area (Å²) in [5, 5.41) is 8.12. The lowest BCUT2D eigenvalue weighted by Crippen LogP contribution is -2.33. The number of hydrogen-bond donors (Lipinski definition) is 2. The van der Waals surface area contributed by atoms with Gasteiger partial charge >= 0.3 is 0 Å². The van der Waals surface area contributed by atoms with Crippen molar-refractivity contribution in [2.75, 3.05) is 13.1 Å². The highest BCUT2D eigenvalue weighted by Gasteiger charge is 2.07. The molecule has 0 spiro atoms. The molecule has 1 rings (SSSR count). The van der Waals surface area contributed by atoms with Gasteiger partial charge in [-0.2, -0.15) is 0 Å². The number of hydrogen-bond acceptors (Lipinski definition) is 4. The molecule has 0 aliphatic carbocycles. The summed E-state index contributed by atoms with van der Waals surface area (Å²) in [6.45, 7) is 10.7. The lowest BCUT2D eigenvalue weighted by molar-refractivity contribution is 0.493. The third-order valence-electron chi connectivity index (χ3n) is 2.69. The average molecular weight is 241 g/mol. The number of nitrogens with one attached hydrogen (secondary N) is 2. The quantitative estimate of drug-likeness (QED) is 0.720. The van der Waals surface area contributed by atoms with Crippen LogP contribution in [0.4, 0.5) is 0 Å². The maximum atomic E-state index is 4.38. The van der Waals surface area contributed by atoms with Crippen LogP contribution in [0.15, 0.2) is 6.20 Å². The van der Waals surface area contributed by atoms with Crippen LogP contribution < -0.4 is 10.6 Å². The first kappa shape index (κ1) is 13.6. The molecule has 0 radical (unpaired) electrons. The van der Waals surface area contributed by atoms with E-state index in [0.717, 1.165) is 13.1 Å². The largest absolute Gasteiger partial charge is 0.313 e. The second-order valence-electron chi connectivity index (χ2n) is 4.25. The fourth-order valence-electron chi connectivity index (χ4n) is 1.41. The Morgan fingerprint density at radius 2 is 2.00 bits per heavy atom. The van der Waals surface area contributed by atoms with Gasteiger partial charge in [0.25, 0.3) is 0 Å². The summed E-state index contributed by atoms with van der Waals surface area (Å²) in [4.78, 5) is 5.66. The minimum absolute atomic E-state index is 0.359. The van der Waals surface area contributed by atoms with Gasteiger partial charge in [0.05, 0.1) is 6.04 Å². The van der Waals surface area contributed by atoms with E-state index in [-0.39, 0.29) is 0 Å². The summed E-state index contributed by atoms with van der Waals surface area (Å²) in [6, 6.07) is 0.969. The molecule has 1 aromatic heterocycles. The fraction of sp³-hybridized carbons (Fsp3) is 0.750. The molecule has 2 N–H and O–H groups in total. The standard InChI is InChI=1S/C12H23N3S/c1-5-9(2)13-6-7-14-11(4)12-15-8-10(3)16-12/h8-9,11,13-14H,5-7H2,1-4H3. The first-order chi connectivity index (χ1) is 7.63. The van der Waals surface area contributed by atoms with Gasteiger partial charge in [0.15, 0.2) is 0 Å². The van der Waals surface area contributed by atoms with Crippen LogP contribution in [0.25, 0.3) is 0 Å². The van der Waals surface area contributed by atoms with E-state index in [9.17, 15) is 0 Å². The number of thiazole rings is 1. The van der Waals surface area contributed by atoms with Crippen molar-refractivity contribution in [2.24, 2.45) is 0 Å². The lowest BCUT2D eigenvalue weighted by atomic mass is 10.2. The van der Waals surface area contributed by atoms with Crippen molar-refractivity contribution in [1.29, 1.82) is 0 Å². The summed E-state index contributed by atoms with van der Waals surface area (Å²) in [5.41, 5.74) is 0. The Labute approximate surface area is 103 Å². The van der Waals surface area contributed by atoms with E-state index in [4.69, 9.17) is 0 Å². The first-order valence-electron chi connectivity index (χ1n) is 6.02. The van der Waals surface area contributed by atoms with Crippen molar-refractivity contribution < 1.29 is 0 Å². The Kier molecular flexibility index (Phi) is 5.95. The number of nitrogens with zero attached hydrogens (tertiary/aromatic N) is 1. The van der Waals surface area contributed by atoms with E-state index in [1.807, 2.05) is 6.20 Å². The first-order valence-corrected chi connectivity index (χ1v) is 6.84. The van der Waals surface area contributed by atoms with Crippen LogP contribution in [0.1, 0.15) is 43.1 Å². The van der Waals surface area contributed by atoms with Crippen molar-refractivity contribution >= 4 is 11.3 Å². The highest BCUT2D eigenvalue weighted by atomic mass is 32.1. The van der Waals surface area contributed by atoms with Gasteiger partial charge in [0.1, 0.15) is 5.01 Å². The van der Waals surface area contributed by atoms with Crippen molar-refractivity contribution in [3.05, 3.63) is 16.1 Å². The molecule has 0 aliphatic heterocycles. The molecule has 0 saturated carbocycles. The molecule has 4 heteroatoms. The zero-order chi connectivity index (χ0) is 12.0. The summed E-state index contributed by atoms with van der Waals surface area (Å²) in [6.07, 6.45) is 3.12. The molecule has 0 aliphatic rings. The monoisotopic (exact) mass is 241 g/mol. The topological polar surface area (TPSA) is 37.0 Å². The van der Waals surface area contributed by atoms with Crippen molar-refractivity contribution in [2.45, 2.75) is 46.2 Å². The molecule has 0 amide bonds. The van der Waals surface area contributed by atoms with Gasteiger partial charge in [-0.3, -0.25) is 0 Å². The van der Waals surface area contributed by atoms with E-state index in [0.29, 0.717) is 12.1 Å². The van der Waals surface area contributed by atoms with Crippen LogP contribution in [0.2, 0.25) is 0 Å². The van der Waals surface area contributed by atoms with Crippen LogP contribution in [-0.4, -0.2) is 24.1 Å². The van der Waals surface area contributed by atoms with E-state index in [2.05, 4.69) is 43.3 Å². The van der Waals surface area contributed by atoms with Gasteiger partial charge in [-0.1, -0.05) is 6.92 Å². The van der Waals surface area contributed by atoms with E-state index in [1.165, 1.54) is 16.3 Å². The Morgan fingerprint density at radius 3 is 2.56 bits per heavy atom. The average Bonchev–Trinajstić information content (AvgIpc) is 2.70. The minimum Gasteiger partial charge on any atom is -0.313 e. The third kappa shape index (κ3) is 4.60. The van der Waals surface area contributed by atoms with Gasteiger partial charge in [-0.25, -0.2) is 4.98 Å². The minimum atomic E-state index is 0.359. The van der Waals surface area contributed by atoms with E-state index >= 15 is 0 Å². The van der Waals surface area contributed by atoms with Gasteiger partial charge < -0.3 is 10.6 Å². The molecule has 0 bridgehead atoms. The molecule has 3 nitrogen and oxygen atoms in total. The Hall–Kier alpha value is -0.450. The summed E-state index contributed by atoms with van der Waals surface area (Å²) >= 11 is 1.77. The van der Waals surface area contributed by atoms with Gasteiger partial charge in [0.2, 0.25) is 0 Å². The number of aromatic nitrogens is 1. The molecule has 1 heterocycles. The third-order valence-corrected chi connectivity index (χ3v) is 3.79. The molecule has 2 unspecified atom stereocenters. The summed E-state index contributed by atoms with van der Waals surface area (Å²) in [7, 11) is 0. The number of aryl methyl sites for hydroxylation is 1. The molecule has 2 atom stereocenters.